The Morgan fingerprint density at radius 1 is 1.38 bits per heavy atom. The number of hydrogen-bond acceptors (Lipinski definition) is 5. The highest BCUT2D eigenvalue weighted by Crippen LogP contribution is 2.29. The zero-order chi connectivity index (χ0) is 17.1. The van der Waals surface area contributed by atoms with Crippen molar-refractivity contribution in [3.05, 3.63) is 47.7 Å². The van der Waals surface area contributed by atoms with Crippen LogP contribution in [-0.4, -0.2) is 40.1 Å². The summed E-state index contributed by atoms with van der Waals surface area (Å²) in [5.74, 6) is -0.490. The van der Waals surface area contributed by atoms with E-state index in [4.69, 9.17) is 14.3 Å². The predicted octanol–water partition coefficient (Wildman–Crippen LogP) is 2.92. The molecule has 1 aliphatic rings. The molecule has 1 amide bonds. The monoisotopic (exact) mass is 330 g/mol. The summed E-state index contributed by atoms with van der Waals surface area (Å²) in [5.41, 5.74) is 0.433. The summed E-state index contributed by atoms with van der Waals surface area (Å²) in [6, 6.07) is 8.86. The molecule has 0 radical (unpaired) electrons. The van der Waals surface area contributed by atoms with Crippen LogP contribution >= 0.6 is 0 Å². The van der Waals surface area contributed by atoms with E-state index in [1.807, 2.05) is 13.0 Å². The Hall–Kier alpha value is -2.83. The minimum absolute atomic E-state index is 0.113. The Morgan fingerprint density at radius 2 is 2.12 bits per heavy atom. The van der Waals surface area contributed by atoms with E-state index in [2.05, 4.69) is 4.98 Å². The van der Waals surface area contributed by atoms with Crippen LogP contribution in [-0.2, 0) is 6.42 Å². The van der Waals surface area contributed by atoms with Gasteiger partial charge in [-0.25, -0.2) is 14.6 Å². The zero-order valence-corrected chi connectivity index (χ0v) is 13.3. The predicted molar refractivity (Wildman–Crippen MR) is 84.2 cm³/mol. The van der Waals surface area contributed by atoms with Crippen LogP contribution in [0.25, 0.3) is 0 Å². The summed E-state index contributed by atoms with van der Waals surface area (Å²) >= 11 is 0. The molecule has 1 atom stereocenters. The third kappa shape index (κ3) is 3.24. The molecule has 2 heterocycles. The number of aromatic nitrogens is 1. The number of oxazole rings is 1. The summed E-state index contributed by atoms with van der Waals surface area (Å²) < 4.78 is 10.7. The summed E-state index contributed by atoms with van der Waals surface area (Å²) in [6.45, 7) is 2.74. The first-order valence-corrected chi connectivity index (χ1v) is 7.83. The molecule has 1 aliphatic heterocycles. The number of aromatic carboxylic acids is 1. The van der Waals surface area contributed by atoms with E-state index in [0.717, 1.165) is 0 Å². The van der Waals surface area contributed by atoms with Crippen LogP contribution in [0.2, 0.25) is 0 Å². The van der Waals surface area contributed by atoms with Gasteiger partial charge in [-0.3, -0.25) is 0 Å². The second-order valence-corrected chi connectivity index (χ2v) is 5.60. The molecule has 7 heteroatoms. The smallest absolute Gasteiger partial charge is 0.415 e. The quantitative estimate of drug-likeness (QED) is 0.926. The van der Waals surface area contributed by atoms with Gasteiger partial charge in [-0.2, -0.15) is 0 Å². The molecule has 0 bridgehead atoms. The van der Waals surface area contributed by atoms with Crippen molar-refractivity contribution in [1.29, 1.82) is 0 Å². The fraction of sp³-hybridized carbons (Fsp3) is 0.353. The Morgan fingerprint density at radius 3 is 2.75 bits per heavy atom. The first-order chi connectivity index (χ1) is 11.6. The second kappa shape index (κ2) is 6.74. The maximum absolute atomic E-state index is 12.2. The molecule has 24 heavy (non-hydrogen) atoms. The minimum atomic E-state index is -1.12. The van der Waals surface area contributed by atoms with E-state index in [0.29, 0.717) is 43.3 Å². The number of hydrogen-bond donors (Lipinski definition) is 1. The number of para-hydroxylation sites is 1. The molecule has 1 saturated heterocycles. The number of carbonyl (C=O) groups is 2. The summed E-state index contributed by atoms with van der Waals surface area (Å²) in [5, 5.41) is 9.14. The van der Waals surface area contributed by atoms with Gasteiger partial charge < -0.3 is 19.2 Å². The van der Waals surface area contributed by atoms with Gasteiger partial charge in [-0.05, 0) is 25.0 Å². The van der Waals surface area contributed by atoms with Crippen LogP contribution in [0.3, 0.4) is 0 Å². The second-order valence-electron chi connectivity index (χ2n) is 5.60. The van der Waals surface area contributed by atoms with E-state index in [1.165, 1.54) is 0 Å². The molecule has 1 aromatic carbocycles. The fourth-order valence-corrected chi connectivity index (χ4v) is 2.73. The molecule has 1 aromatic heterocycles. The molecule has 3 rings (SSSR count). The van der Waals surface area contributed by atoms with Crippen molar-refractivity contribution in [1.82, 2.24) is 9.88 Å². The number of nitrogens with zero attached hydrogens (tertiary/aromatic N) is 2. The van der Waals surface area contributed by atoms with Gasteiger partial charge in [0.25, 0.3) is 0 Å². The van der Waals surface area contributed by atoms with Gasteiger partial charge in [-0.15, -0.1) is 0 Å². The van der Waals surface area contributed by atoms with E-state index in [9.17, 15) is 9.59 Å². The van der Waals surface area contributed by atoms with Crippen molar-refractivity contribution < 1.29 is 23.8 Å². The number of likely N-dealkylation sites (tertiary alicyclic amines) is 1. The summed E-state index contributed by atoms with van der Waals surface area (Å²) in [6.07, 6.45) is 0.717. The molecule has 0 unspecified atom stereocenters. The lowest BCUT2D eigenvalue weighted by atomic mass is 10.1. The topological polar surface area (TPSA) is 92.9 Å². The van der Waals surface area contributed by atoms with Crippen LogP contribution in [0.4, 0.5) is 4.79 Å². The number of carboxylic acid groups (broad SMARTS) is 1. The van der Waals surface area contributed by atoms with Crippen molar-refractivity contribution in [2.75, 3.05) is 13.1 Å². The van der Waals surface area contributed by atoms with E-state index >= 15 is 0 Å². The first-order valence-electron chi connectivity index (χ1n) is 7.83. The van der Waals surface area contributed by atoms with Crippen LogP contribution in [0.5, 0.6) is 5.75 Å². The van der Waals surface area contributed by atoms with Crippen molar-refractivity contribution in [2.45, 2.75) is 25.7 Å². The number of ether oxygens (including phenoxy) is 1. The number of rotatable bonds is 4. The Bertz CT molecular complexity index is 741. The van der Waals surface area contributed by atoms with Gasteiger partial charge >= 0.3 is 12.1 Å². The third-order valence-corrected chi connectivity index (χ3v) is 3.99. The summed E-state index contributed by atoms with van der Waals surface area (Å²) in [4.78, 5) is 29.2. The maximum Gasteiger partial charge on any atom is 0.415 e. The van der Waals surface area contributed by atoms with Crippen LogP contribution in [0.1, 0.15) is 41.4 Å². The van der Waals surface area contributed by atoms with Crippen LogP contribution < -0.4 is 4.74 Å². The SMILES string of the molecule is CCc1nc([C@@H]2CCN(C(=O)Oc3ccccc3)C2)oc1C(=O)O. The van der Waals surface area contributed by atoms with E-state index in [1.54, 1.807) is 29.2 Å². The number of amides is 1. The van der Waals surface area contributed by atoms with Crippen molar-refractivity contribution in [2.24, 2.45) is 0 Å². The average Bonchev–Trinajstić information content (AvgIpc) is 3.22. The molecule has 2 aromatic rings. The number of carbonyl (C=O) groups excluding carboxylic acids is 1. The zero-order valence-electron chi connectivity index (χ0n) is 13.3. The van der Waals surface area contributed by atoms with Crippen LogP contribution in [0, 0.1) is 0 Å². The number of carboxylic acids is 1. The lowest BCUT2D eigenvalue weighted by molar-refractivity contribution is 0.0658. The van der Waals surface area contributed by atoms with Crippen molar-refractivity contribution >= 4 is 12.1 Å². The lowest BCUT2D eigenvalue weighted by Gasteiger charge is -2.15. The highest BCUT2D eigenvalue weighted by molar-refractivity contribution is 5.85. The fourth-order valence-electron chi connectivity index (χ4n) is 2.73. The average molecular weight is 330 g/mol. The lowest BCUT2D eigenvalue weighted by Crippen LogP contribution is -2.31. The van der Waals surface area contributed by atoms with Gasteiger partial charge in [-0.1, -0.05) is 25.1 Å². The van der Waals surface area contributed by atoms with Gasteiger partial charge in [0.2, 0.25) is 11.7 Å². The normalized spacial score (nSPS) is 17.0. The Kier molecular flexibility index (Phi) is 4.50. The molecule has 7 nitrogen and oxygen atoms in total. The molecular formula is C17H18N2O5. The number of benzene rings is 1. The van der Waals surface area contributed by atoms with Gasteiger partial charge in [0.05, 0.1) is 11.6 Å². The molecule has 0 aliphatic carbocycles. The largest absolute Gasteiger partial charge is 0.475 e. The van der Waals surface area contributed by atoms with Crippen molar-refractivity contribution in [3.8, 4) is 5.75 Å². The first kappa shape index (κ1) is 16.0. The van der Waals surface area contributed by atoms with Gasteiger partial charge in [0, 0.05) is 13.1 Å². The molecule has 126 valence electrons. The van der Waals surface area contributed by atoms with Crippen molar-refractivity contribution in [3.63, 3.8) is 0 Å². The molecule has 0 spiro atoms. The summed E-state index contributed by atoms with van der Waals surface area (Å²) in [7, 11) is 0. The third-order valence-electron chi connectivity index (χ3n) is 3.99. The minimum Gasteiger partial charge on any atom is -0.475 e. The Labute approximate surface area is 138 Å². The molecular weight excluding hydrogens is 312 g/mol. The van der Waals surface area contributed by atoms with E-state index in [-0.39, 0.29) is 11.7 Å². The Balaban J connectivity index is 1.67. The highest BCUT2D eigenvalue weighted by Gasteiger charge is 2.33. The molecule has 1 fully saturated rings. The molecule has 1 N–H and O–H groups in total. The highest BCUT2D eigenvalue weighted by atomic mass is 16.6. The standard InChI is InChI=1S/C17H18N2O5/c1-2-13-14(16(20)21)24-15(18-13)11-8-9-19(10-11)17(22)23-12-6-4-3-5-7-12/h3-7,11H,2,8-10H2,1H3,(H,20,21)/t11-/m1/s1. The van der Waals surface area contributed by atoms with E-state index < -0.39 is 12.1 Å². The molecule has 0 saturated carbocycles. The maximum atomic E-state index is 12.2. The number of aryl methyl sites for hydroxylation is 1. The van der Waals surface area contributed by atoms with Gasteiger partial charge in [0.15, 0.2) is 0 Å². The van der Waals surface area contributed by atoms with Crippen LogP contribution in [0.15, 0.2) is 34.7 Å². The van der Waals surface area contributed by atoms with Gasteiger partial charge in [0.1, 0.15) is 5.75 Å².